The second kappa shape index (κ2) is 5.11. The molecule has 1 atom stereocenters. The van der Waals surface area contributed by atoms with Gasteiger partial charge in [0.25, 0.3) is 0 Å². The number of hydrogen-bond donors (Lipinski definition) is 1. The van der Waals surface area contributed by atoms with Crippen molar-refractivity contribution in [2.24, 2.45) is 5.41 Å². The normalized spacial score (nSPS) is 13.8. The molecule has 0 aliphatic carbocycles. The minimum Gasteiger partial charge on any atom is -0.310 e. The van der Waals surface area contributed by atoms with E-state index >= 15 is 0 Å². The standard InChI is InChI=1S/C17H23N/c1-5-18-16(17(2,3)4)15-12-8-10-13-9-6-7-11-14(13)15/h6-12,16,18H,5H2,1-4H3. The van der Waals surface area contributed by atoms with E-state index in [4.69, 9.17) is 0 Å². The van der Waals surface area contributed by atoms with Crippen LogP contribution in [0.3, 0.4) is 0 Å². The average Bonchev–Trinajstić information content (AvgIpc) is 2.34. The summed E-state index contributed by atoms with van der Waals surface area (Å²) < 4.78 is 0. The van der Waals surface area contributed by atoms with Gasteiger partial charge in [-0.3, -0.25) is 0 Å². The number of benzene rings is 2. The van der Waals surface area contributed by atoms with E-state index in [0.717, 1.165) is 6.54 Å². The summed E-state index contributed by atoms with van der Waals surface area (Å²) in [5.74, 6) is 0. The summed E-state index contributed by atoms with van der Waals surface area (Å²) >= 11 is 0. The Labute approximate surface area is 110 Å². The first-order valence-electron chi connectivity index (χ1n) is 6.75. The zero-order valence-electron chi connectivity index (χ0n) is 11.8. The summed E-state index contributed by atoms with van der Waals surface area (Å²) in [6.07, 6.45) is 0. The fourth-order valence-electron chi connectivity index (χ4n) is 2.59. The van der Waals surface area contributed by atoms with Gasteiger partial charge in [-0.25, -0.2) is 0 Å². The Balaban J connectivity index is 2.57. The summed E-state index contributed by atoms with van der Waals surface area (Å²) in [4.78, 5) is 0. The first-order chi connectivity index (χ1) is 8.54. The van der Waals surface area contributed by atoms with Crippen molar-refractivity contribution in [3.8, 4) is 0 Å². The molecule has 0 aliphatic heterocycles. The SMILES string of the molecule is CCNC(c1cccc2ccccc12)C(C)(C)C. The highest BCUT2D eigenvalue weighted by Gasteiger charge is 2.26. The molecule has 1 nitrogen and oxygen atoms in total. The number of fused-ring (bicyclic) bond motifs is 1. The fraction of sp³-hybridized carbons (Fsp3) is 0.412. The second-order valence-electron chi connectivity index (χ2n) is 5.93. The molecule has 0 spiro atoms. The first kappa shape index (κ1) is 13.1. The topological polar surface area (TPSA) is 12.0 Å². The van der Waals surface area contributed by atoms with Crippen molar-refractivity contribution in [3.05, 3.63) is 48.0 Å². The largest absolute Gasteiger partial charge is 0.310 e. The highest BCUT2D eigenvalue weighted by molar-refractivity contribution is 5.86. The Morgan fingerprint density at radius 1 is 1.00 bits per heavy atom. The third-order valence-corrected chi connectivity index (χ3v) is 3.41. The van der Waals surface area contributed by atoms with Crippen LogP contribution in [0, 0.1) is 5.41 Å². The lowest BCUT2D eigenvalue weighted by Gasteiger charge is -2.32. The molecule has 0 heterocycles. The predicted molar refractivity (Wildman–Crippen MR) is 79.8 cm³/mol. The van der Waals surface area contributed by atoms with Crippen molar-refractivity contribution in [2.45, 2.75) is 33.7 Å². The maximum absolute atomic E-state index is 3.63. The van der Waals surface area contributed by atoms with Gasteiger partial charge in [-0.05, 0) is 28.3 Å². The van der Waals surface area contributed by atoms with Crippen molar-refractivity contribution in [1.29, 1.82) is 0 Å². The van der Waals surface area contributed by atoms with Gasteiger partial charge in [0.2, 0.25) is 0 Å². The summed E-state index contributed by atoms with van der Waals surface area (Å²) in [6.45, 7) is 10.0. The van der Waals surface area contributed by atoms with Crippen LogP contribution in [-0.4, -0.2) is 6.54 Å². The van der Waals surface area contributed by atoms with Crippen molar-refractivity contribution in [2.75, 3.05) is 6.54 Å². The van der Waals surface area contributed by atoms with Gasteiger partial charge in [0.05, 0.1) is 0 Å². The molecular formula is C17H23N. The van der Waals surface area contributed by atoms with Crippen LogP contribution in [0.25, 0.3) is 10.8 Å². The molecule has 2 aromatic carbocycles. The first-order valence-corrected chi connectivity index (χ1v) is 6.75. The minimum atomic E-state index is 0.208. The molecule has 2 rings (SSSR count). The second-order valence-corrected chi connectivity index (χ2v) is 5.93. The summed E-state index contributed by atoms with van der Waals surface area (Å²) in [5, 5.41) is 6.31. The zero-order valence-corrected chi connectivity index (χ0v) is 11.8. The maximum atomic E-state index is 3.63. The van der Waals surface area contributed by atoms with Crippen LogP contribution in [0.4, 0.5) is 0 Å². The molecule has 1 heteroatoms. The molecule has 2 aromatic rings. The van der Waals surface area contributed by atoms with Crippen LogP contribution < -0.4 is 5.32 Å². The lowest BCUT2D eigenvalue weighted by Crippen LogP contribution is -2.32. The van der Waals surface area contributed by atoms with Crippen molar-refractivity contribution >= 4 is 10.8 Å². The molecular weight excluding hydrogens is 218 g/mol. The Kier molecular flexibility index (Phi) is 3.72. The van der Waals surface area contributed by atoms with Crippen LogP contribution in [0.15, 0.2) is 42.5 Å². The zero-order chi connectivity index (χ0) is 13.2. The minimum absolute atomic E-state index is 0.208. The lowest BCUT2D eigenvalue weighted by molar-refractivity contribution is 0.278. The van der Waals surface area contributed by atoms with E-state index in [1.807, 2.05) is 0 Å². The molecule has 1 N–H and O–H groups in total. The monoisotopic (exact) mass is 241 g/mol. The van der Waals surface area contributed by atoms with Crippen LogP contribution in [-0.2, 0) is 0 Å². The van der Waals surface area contributed by atoms with Crippen molar-refractivity contribution in [3.63, 3.8) is 0 Å². The summed E-state index contributed by atoms with van der Waals surface area (Å²) in [7, 11) is 0. The maximum Gasteiger partial charge on any atom is 0.0375 e. The van der Waals surface area contributed by atoms with Crippen LogP contribution in [0.1, 0.15) is 39.3 Å². The van der Waals surface area contributed by atoms with E-state index in [2.05, 4.69) is 75.5 Å². The van der Waals surface area contributed by atoms with Gasteiger partial charge in [-0.2, -0.15) is 0 Å². The molecule has 96 valence electrons. The Hall–Kier alpha value is -1.34. The molecule has 0 aromatic heterocycles. The third-order valence-electron chi connectivity index (χ3n) is 3.41. The van der Waals surface area contributed by atoms with Crippen molar-refractivity contribution in [1.82, 2.24) is 5.32 Å². The predicted octanol–water partition coefficient (Wildman–Crippen LogP) is 4.54. The summed E-state index contributed by atoms with van der Waals surface area (Å²) in [6, 6.07) is 15.6. The Morgan fingerprint density at radius 3 is 2.33 bits per heavy atom. The molecule has 18 heavy (non-hydrogen) atoms. The van der Waals surface area contributed by atoms with Gasteiger partial charge in [0.1, 0.15) is 0 Å². The summed E-state index contributed by atoms with van der Waals surface area (Å²) in [5.41, 5.74) is 1.61. The highest BCUT2D eigenvalue weighted by atomic mass is 14.9. The van der Waals surface area contributed by atoms with Gasteiger partial charge in [0.15, 0.2) is 0 Å². The van der Waals surface area contributed by atoms with Gasteiger partial charge in [-0.15, -0.1) is 0 Å². The number of hydrogen-bond acceptors (Lipinski definition) is 1. The van der Waals surface area contributed by atoms with E-state index in [0.29, 0.717) is 6.04 Å². The van der Waals surface area contributed by atoms with Gasteiger partial charge >= 0.3 is 0 Å². The van der Waals surface area contributed by atoms with Crippen LogP contribution in [0.5, 0.6) is 0 Å². The number of nitrogens with one attached hydrogen (secondary N) is 1. The van der Waals surface area contributed by atoms with Crippen LogP contribution >= 0.6 is 0 Å². The van der Waals surface area contributed by atoms with Crippen LogP contribution in [0.2, 0.25) is 0 Å². The van der Waals surface area contributed by atoms with E-state index in [9.17, 15) is 0 Å². The van der Waals surface area contributed by atoms with E-state index in [1.54, 1.807) is 0 Å². The van der Waals surface area contributed by atoms with Gasteiger partial charge in [0, 0.05) is 6.04 Å². The highest BCUT2D eigenvalue weighted by Crippen LogP contribution is 2.36. The molecule has 0 amide bonds. The number of rotatable bonds is 3. The Bertz CT molecular complexity index is 517. The van der Waals surface area contributed by atoms with E-state index < -0.39 is 0 Å². The average molecular weight is 241 g/mol. The molecule has 1 unspecified atom stereocenters. The van der Waals surface area contributed by atoms with E-state index in [-0.39, 0.29) is 5.41 Å². The van der Waals surface area contributed by atoms with E-state index in [1.165, 1.54) is 16.3 Å². The Morgan fingerprint density at radius 2 is 1.67 bits per heavy atom. The molecule has 0 bridgehead atoms. The molecule has 0 radical (unpaired) electrons. The molecule has 0 saturated carbocycles. The van der Waals surface area contributed by atoms with Gasteiger partial charge in [-0.1, -0.05) is 70.2 Å². The van der Waals surface area contributed by atoms with Crippen molar-refractivity contribution < 1.29 is 0 Å². The molecule has 0 saturated heterocycles. The lowest BCUT2D eigenvalue weighted by atomic mass is 9.80. The molecule has 0 aliphatic rings. The fourth-order valence-corrected chi connectivity index (χ4v) is 2.59. The third kappa shape index (κ3) is 2.56. The smallest absolute Gasteiger partial charge is 0.0375 e. The quantitative estimate of drug-likeness (QED) is 0.832. The van der Waals surface area contributed by atoms with Gasteiger partial charge < -0.3 is 5.32 Å². The molecule has 0 fully saturated rings.